The molecule has 9 aliphatic rings. The summed E-state index contributed by atoms with van der Waals surface area (Å²) < 4.78 is 50.0. The zero-order chi connectivity index (χ0) is 32.3. The molecule has 8 bridgehead atoms. The molecule has 2 aromatic rings. The first kappa shape index (κ1) is 31.3. The number of hydrogen-bond donors (Lipinski definition) is 0. The molecule has 9 fully saturated rings. The molecule has 0 aromatic heterocycles. The molecule has 1 heterocycles. The predicted octanol–water partition coefficient (Wildman–Crippen LogP) is 10.9. The first-order valence-corrected chi connectivity index (χ1v) is 20.3. The number of rotatable bonds is 6. The van der Waals surface area contributed by atoms with Crippen LogP contribution in [0.1, 0.15) is 103 Å². The Balaban J connectivity index is 1.25. The molecule has 8 saturated carbocycles. The van der Waals surface area contributed by atoms with E-state index >= 15 is 0 Å². The van der Waals surface area contributed by atoms with Crippen LogP contribution in [0, 0.1) is 47.3 Å². The third-order valence-corrected chi connectivity index (χ3v) is 18.1. The number of halogens is 3. The van der Waals surface area contributed by atoms with Gasteiger partial charge in [-0.2, -0.15) is 13.2 Å². The largest absolute Gasteiger partial charge is 0.496 e. The fourth-order valence-corrected chi connectivity index (χ4v) is 19.1. The van der Waals surface area contributed by atoms with Crippen LogP contribution in [0.15, 0.2) is 36.4 Å². The Kier molecular flexibility index (Phi) is 7.40. The average Bonchev–Trinajstić information content (AvgIpc) is 2.98. The zero-order valence-corrected chi connectivity index (χ0v) is 29.5. The summed E-state index contributed by atoms with van der Waals surface area (Å²) in [4.78, 5) is 2.47. The van der Waals surface area contributed by atoms with E-state index in [4.69, 9.17) is 4.74 Å². The maximum absolute atomic E-state index is 14.6. The molecule has 2 aromatic carbocycles. The number of methoxy groups -OCH3 is 1. The lowest BCUT2D eigenvalue weighted by Gasteiger charge is -2.67. The fraction of sp³-hybridized carbons (Fsp3) is 0.707. The first-order chi connectivity index (χ1) is 22.5. The quantitative estimate of drug-likeness (QED) is 0.285. The van der Waals surface area contributed by atoms with Crippen LogP contribution in [-0.4, -0.2) is 30.5 Å². The van der Waals surface area contributed by atoms with Crippen molar-refractivity contribution in [1.29, 1.82) is 0 Å². The summed E-state index contributed by atoms with van der Waals surface area (Å²) in [5.74, 6) is 6.80. The van der Waals surface area contributed by atoms with Crippen molar-refractivity contribution in [2.75, 3.05) is 25.1 Å². The summed E-state index contributed by atoms with van der Waals surface area (Å²) >= 11 is 0. The summed E-state index contributed by atoms with van der Waals surface area (Å²) in [6.45, 7) is 6.61. The number of hydrogen-bond acceptors (Lipinski definition) is 2. The van der Waals surface area contributed by atoms with E-state index < -0.39 is 19.7 Å². The molecule has 8 aliphatic carbocycles. The average molecular weight is 664 g/mol. The van der Waals surface area contributed by atoms with Gasteiger partial charge in [0.05, 0.1) is 12.7 Å². The Labute approximate surface area is 281 Å². The van der Waals surface area contributed by atoms with Crippen LogP contribution in [0.5, 0.6) is 5.75 Å². The highest BCUT2D eigenvalue weighted by Crippen LogP contribution is 2.78. The van der Waals surface area contributed by atoms with Crippen LogP contribution >= 0.6 is 7.92 Å². The second-order valence-corrected chi connectivity index (χ2v) is 21.1. The summed E-state index contributed by atoms with van der Waals surface area (Å²) in [6.07, 6.45) is 13.1. The minimum Gasteiger partial charge on any atom is -0.496 e. The molecule has 1 aliphatic heterocycles. The predicted molar refractivity (Wildman–Crippen MR) is 187 cm³/mol. The monoisotopic (exact) mass is 663 g/mol. The maximum Gasteiger partial charge on any atom is 0.416 e. The molecule has 2 nitrogen and oxygen atoms in total. The Morgan fingerprint density at radius 1 is 0.660 bits per heavy atom. The molecule has 6 heteroatoms. The van der Waals surface area contributed by atoms with Crippen molar-refractivity contribution >= 4 is 18.9 Å². The van der Waals surface area contributed by atoms with E-state index in [-0.39, 0.29) is 10.3 Å². The molecular weight excluding hydrogens is 610 g/mol. The minimum absolute atomic E-state index is 0.271. The van der Waals surface area contributed by atoms with Gasteiger partial charge < -0.3 is 9.64 Å². The Morgan fingerprint density at radius 2 is 1.15 bits per heavy atom. The summed E-state index contributed by atoms with van der Waals surface area (Å²) in [6, 6.07) is 11.4. The molecule has 1 saturated heterocycles. The van der Waals surface area contributed by atoms with Crippen molar-refractivity contribution in [3.8, 4) is 16.9 Å². The van der Waals surface area contributed by atoms with Gasteiger partial charge >= 0.3 is 6.18 Å². The highest BCUT2D eigenvalue weighted by atomic mass is 31.1. The van der Waals surface area contributed by atoms with Crippen molar-refractivity contribution in [3.63, 3.8) is 0 Å². The van der Waals surface area contributed by atoms with Gasteiger partial charge in [0.1, 0.15) is 5.75 Å². The first-order valence-electron chi connectivity index (χ1n) is 18.9. The van der Waals surface area contributed by atoms with Crippen molar-refractivity contribution in [1.82, 2.24) is 0 Å². The van der Waals surface area contributed by atoms with Crippen LogP contribution < -0.4 is 14.9 Å². The van der Waals surface area contributed by atoms with Crippen molar-refractivity contribution in [2.24, 2.45) is 47.3 Å². The van der Waals surface area contributed by atoms with Gasteiger partial charge in [0.2, 0.25) is 0 Å². The Hall–Kier alpha value is -1.74. The highest BCUT2D eigenvalue weighted by Gasteiger charge is 2.63. The molecule has 2 atom stereocenters. The number of ether oxygens (including phenoxy) is 1. The van der Waals surface area contributed by atoms with Crippen molar-refractivity contribution in [3.05, 3.63) is 42.0 Å². The highest BCUT2D eigenvalue weighted by molar-refractivity contribution is 7.69. The second kappa shape index (κ2) is 11.1. The van der Waals surface area contributed by atoms with Crippen LogP contribution in [0.4, 0.5) is 18.9 Å². The van der Waals surface area contributed by atoms with Gasteiger partial charge in [-0.1, -0.05) is 27.8 Å². The molecule has 11 rings (SSSR count). The number of alkyl halides is 3. The molecular formula is C41H53F3NOP. The van der Waals surface area contributed by atoms with E-state index in [9.17, 15) is 13.2 Å². The van der Waals surface area contributed by atoms with Gasteiger partial charge in [-0.15, -0.1) is 0 Å². The number of piperidine rings is 1. The van der Waals surface area contributed by atoms with Crippen LogP contribution in [0.2, 0.25) is 0 Å². The molecule has 254 valence electrons. The van der Waals surface area contributed by atoms with Gasteiger partial charge in [0.25, 0.3) is 0 Å². The molecule has 0 spiro atoms. The Morgan fingerprint density at radius 3 is 1.60 bits per heavy atom. The summed E-state index contributed by atoms with van der Waals surface area (Å²) in [5, 5.41) is 1.83. The SMILES string of the molecule is COc1ccc(N2C[C@H](C)C[C@H](C)C2)cc1-c1cc(C(F)(F)F)ccc1P(C12CC3CC(CC(C3)C1)C2)C12CC3CC(CC(C3)C1)C2. The van der Waals surface area contributed by atoms with Gasteiger partial charge in [0, 0.05) is 24.3 Å². The normalized spacial score (nSPS) is 41.0. The number of nitrogens with zero attached hydrogens (tertiary/aromatic N) is 1. The topological polar surface area (TPSA) is 12.5 Å². The van der Waals surface area contributed by atoms with Crippen molar-refractivity contribution < 1.29 is 17.9 Å². The van der Waals surface area contributed by atoms with Gasteiger partial charge in [-0.25, -0.2) is 0 Å². The van der Waals surface area contributed by atoms with Crippen molar-refractivity contribution in [2.45, 2.75) is 114 Å². The van der Waals surface area contributed by atoms with Crippen LogP contribution in [-0.2, 0) is 6.18 Å². The van der Waals surface area contributed by atoms with Gasteiger partial charge in [-0.3, -0.25) is 0 Å². The van der Waals surface area contributed by atoms with Gasteiger partial charge in [-0.05, 0) is 182 Å². The van der Waals surface area contributed by atoms with E-state index in [1.54, 1.807) is 13.2 Å². The molecule has 0 amide bonds. The summed E-state index contributed by atoms with van der Waals surface area (Å²) in [5.41, 5.74) is 2.31. The van der Waals surface area contributed by atoms with Gasteiger partial charge in [0.15, 0.2) is 0 Å². The lowest BCUT2D eigenvalue weighted by Crippen LogP contribution is -2.58. The fourth-order valence-electron chi connectivity index (χ4n) is 13.8. The molecule has 0 N–H and O–H groups in total. The third-order valence-electron chi connectivity index (χ3n) is 14.2. The second-order valence-electron chi connectivity index (χ2n) is 18.1. The number of benzene rings is 2. The van der Waals surface area contributed by atoms with Crippen LogP contribution in [0.25, 0.3) is 11.1 Å². The smallest absolute Gasteiger partial charge is 0.416 e. The van der Waals surface area contributed by atoms with E-state index in [1.165, 1.54) is 94.8 Å². The van der Waals surface area contributed by atoms with E-state index in [0.29, 0.717) is 17.6 Å². The lowest BCUT2D eigenvalue weighted by atomic mass is 9.55. The van der Waals surface area contributed by atoms with E-state index in [1.807, 2.05) is 12.1 Å². The molecule has 47 heavy (non-hydrogen) atoms. The third kappa shape index (κ3) is 5.29. The number of anilines is 1. The maximum atomic E-state index is 14.6. The van der Waals surface area contributed by atoms with Crippen LogP contribution in [0.3, 0.4) is 0 Å². The van der Waals surface area contributed by atoms with E-state index in [2.05, 4.69) is 30.9 Å². The molecule has 0 unspecified atom stereocenters. The minimum atomic E-state index is -4.39. The Bertz CT molecular complexity index is 1410. The standard InChI is InChI=1S/C41H53F3NOP/c1-25-8-26(2)24-45(23-25)34-5-6-37(46-3)35(16-34)36-15-33(41(42,43)44)4-7-38(36)47(39-17-27-9-28(18-39)11-29(10-27)19-39)40-20-30-12-31(21-40)14-32(13-30)22-40/h4-7,15-16,25-32H,8-14,17-24H2,1-3H3/t25-,26+,27?,28?,29?,30?,31?,32?,39?,40?,47?. The summed E-state index contributed by atoms with van der Waals surface area (Å²) in [7, 11) is 1.00. The zero-order valence-electron chi connectivity index (χ0n) is 28.6. The molecule has 0 radical (unpaired) electrons. The lowest BCUT2D eigenvalue weighted by molar-refractivity contribution is -0.137. The van der Waals surface area contributed by atoms with E-state index in [0.717, 1.165) is 65.4 Å².